The van der Waals surface area contributed by atoms with Gasteiger partial charge < -0.3 is 10.2 Å². The first-order valence-corrected chi connectivity index (χ1v) is 11.6. The largest absolute Gasteiger partial charge is 0.480 e. The average Bonchev–Trinajstić information content (AvgIpc) is 2.96. The standard InChI is InChI=1S/C23H39BO3/c1-21-12-4-3-5-15(21)6-8-17-18-9-7-16(10-14-23(24,27)20(25)26)22(18,2)13-11-19(17)21/h15-19,27H,3-14,24H2,1-2H3,(H,25,26). The van der Waals surface area contributed by atoms with Crippen molar-refractivity contribution in [2.75, 3.05) is 0 Å². The summed E-state index contributed by atoms with van der Waals surface area (Å²) < 4.78 is 0. The molecule has 0 aromatic heterocycles. The lowest BCUT2D eigenvalue weighted by Gasteiger charge is -2.60. The van der Waals surface area contributed by atoms with Crippen LogP contribution in [0.15, 0.2) is 0 Å². The number of carboxylic acid groups (broad SMARTS) is 1. The normalized spacial score (nSPS) is 48.8. The predicted octanol–water partition coefficient (Wildman–Crippen LogP) is 4.22. The Morgan fingerprint density at radius 1 is 1.00 bits per heavy atom. The van der Waals surface area contributed by atoms with Crippen molar-refractivity contribution in [2.24, 2.45) is 40.4 Å². The van der Waals surface area contributed by atoms with Crippen molar-refractivity contribution in [1.29, 1.82) is 0 Å². The highest BCUT2D eigenvalue weighted by Crippen LogP contribution is 2.67. The van der Waals surface area contributed by atoms with Gasteiger partial charge >= 0.3 is 5.97 Å². The molecule has 0 aromatic rings. The van der Waals surface area contributed by atoms with Gasteiger partial charge in [0.1, 0.15) is 5.50 Å². The Morgan fingerprint density at radius 3 is 2.48 bits per heavy atom. The van der Waals surface area contributed by atoms with Crippen molar-refractivity contribution < 1.29 is 15.0 Å². The van der Waals surface area contributed by atoms with Gasteiger partial charge in [0.2, 0.25) is 0 Å². The summed E-state index contributed by atoms with van der Waals surface area (Å²) in [7, 11) is 1.46. The minimum atomic E-state index is -1.57. The maximum atomic E-state index is 11.3. The van der Waals surface area contributed by atoms with Gasteiger partial charge in [0.25, 0.3) is 0 Å². The van der Waals surface area contributed by atoms with Crippen molar-refractivity contribution in [3.8, 4) is 0 Å². The molecule has 0 aromatic carbocycles. The fraction of sp³-hybridized carbons (Fsp3) is 0.957. The number of rotatable bonds is 4. The highest BCUT2D eigenvalue weighted by Gasteiger charge is 2.59. The van der Waals surface area contributed by atoms with Crippen LogP contribution in [0.1, 0.15) is 90.9 Å². The van der Waals surface area contributed by atoms with Crippen molar-refractivity contribution in [3.05, 3.63) is 0 Å². The molecule has 8 atom stereocenters. The lowest BCUT2D eigenvalue weighted by atomic mass is 9.45. The monoisotopic (exact) mass is 374 g/mol. The van der Waals surface area contributed by atoms with Gasteiger partial charge in [-0.05, 0) is 105 Å². The topological polar surface area (TPSA) is 57.5 Å². The van der Waals surface area contributed by atoms with E-state index < -0.39 is 11.5 Å². The van der Waals surface area contributed by atoms with Gasteiger partial charge in [-0.3, -0.25) is 0 Å². The molecule has 0 aliphatic heterocycles. The highest BCUT2D eigenvalue weighted by molar-refractivity contribution is 6.25. The summed E-state index contributed by atoms with van der Waals surface area (Å²) in [6.07, 6.45) is 15.2. The molecular formula is C23H39BO3. The third-order valence-corrected chi connectivity index (χ3v) is 10.2. The quantitative estimate of drug-likeness (QED) is 0.725. The summed E-state index contributed by atoms with van der Waals surface area (Å²) in [5, 5.41) is 19.4. The van der Waals surface area contributed by atoms with Crippen LogP contribution in [0.2, 0.25) is 0 Å². The Hall–Kier alpha value is -0.505. The van der Waals surface area contributed by atoms with Crippen LogP contribution in [0.4, 0.5) is 0 Å². The van der Waals surface area contributed by atoms with Crippen molar-refractivity contribution in [1.82, 2.24) is 0 Å². The molecule has 4 aliphatic rings. The summed E-state index contributed by atoms with van der Waals surface area (Å²) in [4.78, 5) is 11.3. The van der Waals surface area contributed by atoms with Crippen LogP contribution in [-0.2, 0) is 4.79 Å². The highest BCUT2D eigenvalue weighted by atomic mass is 16.4. The molecule has 152 valence electrons. The lowest BCUT2D eigenvalue weighted by Crippen LogP contribution is -2.52. The molecule has 0 radical (unpaired) electrons. The van der Waals surface area contributed by atoms with Crippen molar-refractivity contribution in [2.45, 2.75) is 96.4 Å². The Kier molecular flexibility index (Phi) is 4.97. The zero-order chi connectivity index (χ0) is 19.4. The summed E-state index contributed by atoms with van der Waals surface area (Å²) in [6.45, 7) is 5.14. The summed E-state index contributed by atoms with van der Waals surface area (Å²) in [5.41, 5.74) is -0.611. The molecule has 8 unspecified atom stereocenters. The molecule has 4 saturated carbocycles. The van der Waals surface area contributed by atoms with Gasteiger partial charge in [-0.15, -0.1) is 0 Å². The Morgan fingerprint density at radius 2 is 1.74 bits per heavy atom. The Labute approximate surface area is 166 Å². The van der Waals surface area contributed by atoms with E-state index in [1.54, 1.807) is 0 Å². The molecule has 4 aliphatic carbocycles. The van der Waals surface area contributed by atoms with E-state index in [0.717, 1.165) is 30.1 Å². The fourth-order valence-corrected chi connectivity index (χ4v) is 8.44. The van der Waals surface area contributed by atoms with Crippen LogP contribution >= 0.6 is 0 Å². The van der Waals surface area contributed by atoms with Crippen LogP contribution in [-0.4, -0.2) is 29.5 Å². The van der Waals surface area contributed by atoms with E-state index in [2.05, 4.69) is 13.8 Å². The predicted molar refractivity (Wildman–Crippen MR) is 110 cm³/mol. The number of hydrogen-bond acceptors (Lipinski definition) is 2. The maximum absolute atomic E-state index is 11.3. The first-order chi connectivity index (χ1) is 12.7. The van der Waals surface area contributed by atoms with E-state index in [1.165, 1.54) is 72.1 Å². The first-order valence-electron chi connectivity index (χ1n) is 11.6. The summed E-state index contributed by atoms with van der Waals surface area (Å²) in [5.74, 6) is 3.14. The van der Waals surface area contributed by atoms with Gasteiger partial charge in [0.15, 0.2) is 7.85 Å². The zero-order valence-electron chi connectivity index (χ0n) is 17.7. The number of carbonyl (C=O) groups is 1. The summed E-state index contributed by atoms with van der Waals surface area (Å²) in [6, 6.07) is 0. The maximum Gasteiger partial charge on any atom is 0.326 e. The number of carboxylic acids is 1. The smallest absolute Gasteiger partial charge is 0.326 e. The average molecular weight is 374 g/mol. The van der Waals surface area contributed by atoms with Gasteiger partial charge in [0, 0.05) is 0 Å². The molecule has 4 heteroatoms. The van der Waals surface area contributed by atoms with E-state index >= 15 is 0 Å². The van der Waals surface area contributed by atoms with Gasteiger partial charge in [-0.2, -0.15) is 0 Å². The summed E-state index contributed by atoms with van der Waals surface area (Å²) >= 11 is 0. The molecule has 0 spiro atoms. The molecule has 0 amide bonds. The second kappa shape index (κ2) is 6.78. The molecular weight excluding hydrogens is 335 g/mol. The van der Waals surface area contributed by atoms with E-state index in [-0.39, 0.29) is 0 Å². The minimum Gasteiger partial charge on any atom is -0.480 e. The van der Waals surface area contributed by atoms with Gasteiger partial charge in [-0.25, -0.2) is 4.79 Å². The van der Waals surface area contributed by atoms with E-state index in [0.29, 0.717) is 23.2 Å². The molecule has 4 rings (SSSR count). The van der Waals surface area contributed by atoms with E-state index in [1.807, 2.05) is 0 Å². The Bertz CT molecular complexity index is 590. The van der Waals surface area contributed by atoms with Crippen LogP contribution in [0.5, 0.6) is 0 Å². The first kappa shape index (κ1) is 19.8. The van der Waals surface area contributed by atoms with Gasteiger partial charge in [0.05, 0.1) is 0 Å². The zero-order valence-corrected chi connectivity index (χ0v) is 17.7. The number of aliphatic carboxylic acids is 1. The van der Waals surface area contributed by atoms with Crippen LogP contribution < -0.4 is 0 Å². The molecule has 3 nitrogen and oxygen atoms in total. The van der Waals surface area contributed by atoms with Gasteiger partial charge in [-0.1, -0.05) is 26.7 Å². The number of fused-ring (bicyclic) bond motifs is 5. The Balaban J connectivity index is 1.49. The second-order valence-corrected chi connectivity index (χ2v) is 11.3. The molecule has 0 saturated heterocycles. The van der Waals surface area contributed by atoms with Crippen molar-refractivity contribution in [3.63, 3.8) is 0 Å². The minimum absolute atomic E-state index is 0.369. The molecule has 0 bridgehead atoms. The second-order valence-electron chi connectivity index (χ2n) is 11.3. The fourth-order valence-electron chi connectivity index (χ4n) is 8.44. The molecule has 0 heterocycles. The van der Waals surface area contributed by atoms with Crippen LogP contribution in [0.3, 0.4) is 0 Å². The van der Waals surface area contributed by atoms with Crippen LogP contribution in [0, 0.1) is 40.4 Å². The molecule has 4 fully saturated rings. The third kappa shape index (κ3) is 3.09. The third-order valence-electron chi connectivity index (χ3n) is 10.2. The number of aliphatic hydroxyl groups is 1. The van der Waals surface area contributed by atoms with E-state index in [4.69, 9.17) is 0 Å². The molecule has 2 N–H and O–H groups in total. The lowest BCUT2D eigenvalue weighted by molar-refractivity contribution is -0.151. The van der Waals surface area contributed by atoms with E-state index in [9.17, 15) is 15.0 Å². The molecule has 27 heavy (non-hydrogen) atoms. The number of hydrogen-bond donors (Lipinski definition) is 2. The van der Waals surface area contributed by atoms with Crippen LogP contribution in [0.25, 0.3) is 0 Å². The SMILES string of the molecule is BC(O)(CCC1CCC2C3CCC4CCCCC4(C)C3CCC12C)C(=O)O. The van der Waals surface area contributed by atoms with Crippen molar-refractivity contribution >= 4 is 13.8 Å².